The number of aromatic nitrogens is 3. The predicted molar refractivity (Wildman–Crippen MR) is 117 cm³/mol. The molecule has 0 aliphatic carbocycles. The Bertz CT molecular complexity index is 1410. The molecule has 2 aromatic heterocycles. The highest BCUT2D eigenvalue weighted by Gasteiger charge is 2.22. The first-order chi connectivity index (χ1) is 15.0. The van der Waals surface area contributed by atoms with Gasteiger partial charge in [-0.1, -0.05) is 35.1 Å². The Morgan fingerprint density at radius 3 is 2.71 bits per heavy atom. The number of aliphatic hydroxyl groups excluding tert-OH is 1. The van der Waals surface area contributed by atoms with Crippen LogP contribution in [0.4, 0.5) is 5.69 Å². The lowest BCUT2D eigenvalue weighted by atomic mass is 10.2. The minimum absolute atomic E-state index is 0.0290. The van der Waals surface area contributed by atoms with Crippen molar-refractivity contribution >= 4 is 56.2 Å². The number of carbonyl (C=O) groups excluding carboxylic acids is 1. The van der Waals surface area contributed by atoms with Crippen LogP contribution in [0.2, 0.25) is 5.02 Å². The molecular weight excluding hydrogens is 442 g/mol. The summed E-state index contributed by atoms with van der Waals surface area (Å²) in [6.45, 7) is 1.70. The zero-order chi connectivity index (χ0) is 22.0. The van der Waals surface area contributed by atoms with Crippen molar-refractivity contribution in [2.24, 2.45) is 10.2 Å². The van der Waals surface area contributed by atoms with Crippen LogP contribution in [0.15, 0.2) is 69.3 Å². The van der Waals surface area contributed by atoms with Crippen molar-refractivity contribution in [3.8, 4) is 0 Å². The Labute approximate surface area is 183 Å². The summed E-state index contributed by atoms with van der Waals surface area (Å²) >= 11 is 6.78. The van der Waals surface area contributed by atoms with E-state index in [9.17, 15) is 14.7 Å². The summed E-state index contributed by atoms with van der Waals surface area (Å²) in [4.78, 5) is 28.9. The molecule has 0 atom stereocenters. The van der Waals surface area contributed by atoms with Gasteiger partial charge < -0.3 is 9.84 Å². The molecule has 0 unspecified atom stereocenters. The molecule has 2 heterocycles. The van der Waals surface area contributed by atoms with Crippen molar-refractivity contribution in [1.29, 1.82) is 0 Å². The first kappa shape index (κ1) is 20.6. The molecule has 9 nitrogen and oxygen atoms in total. The monoisotopic (exact) mass is 455 g/mol. The lowest BCUT2D eigenvalue weighted by molar-refractivity contribution is -0.138. The summed E-state index contributed by atoms with van der Waals surface area (Å²) in [5.41, 5.74) is 0.0972. The Balaban J connectivity index is 1.84. The molecule has 0 radical (unpaired) electrons. The van der Waals surface area contributed by atoms with Gasteiger partial charge >= 0.3 is 5.97 Å². The van der Waals surface area contributed by atoms with Crippen molar-refractivity contribution in [3.63, 3.8) is 0 Å². The number of nitrogens with zero attached hydrogens (tertiary/aromatic N) is 5. The highest BCUT2D eigenvalue weighted by Crippen LogP contribution is 2.26. The number of esters is 1. The maximum atomic E-state index is 12.4. The number of hydrogen-bond acceptors (Lipinski definition) is 9. The maximum Gasteiger partial charge on any atom is 0.362 e. The fourth-order valence-corrected chi connectivity index (χ4v) is 3.66. The van der Waals surface area contributed by atoms with Gasteiger partial charge in [-0.3, -0.25) is 4.79 Å². The lowest BCUT2D eigenvalue weighted by Gasteiger charge is -2.03. The summed E-state index contributed by atoms with van der Waals surface area (Å²) in [6.07, 6.45) is 0. The number of carbonyl (C=O) groups is 1. The number of hydrogen-bond donors (Lipinski definition) is 1. The minimum Gasteiger partial charge on any atom is -0.503 e. The van der Waals surface area contributed by atoms with E-state index in [1.54, 1.807) is 55.5 Å². The quantitative estimate of drug-likeness (QED) is 0.204. The van der Waals surface area contributed by atoms with Crippen LogP contribution < -0.4 is 5.56 Å². The number of aliphatic hydroxyl groups is 1. The van der Waals surface area contributed by atoms with Crippen molar-refractivity contribution in [1.82, 2.24) is 14.6 Å². The third kappa shape index (κ3) is 4.16. The van der Waals surface area contributed by atoms with Gasteiger partial charge in [0.25, 0.3) is 5.56 Å². The molecule has 1 N–H and O–H groups in total. The number of halogens is 1. The van der Waals surface area contributed by atoms with E-state index in [1.165, 1.54) is 4.52 Å². The first-order valence-corrected chi connectivity index (χ1v) is 10.2. The molecule has 2 aromatic carbocycles. The largest absolute Gasteiger partial charge is 0.503 e. The van der Waals surface area contributed by atoms with Gasteiger partial charge in [0, 0.05) is 5.02 Å². The number of benzene rings is 2. The second-order valence-electron chi connectivity index (χ2n) is 6.13. The van der Waals surface area contributed by atoms with E-state index in [4.69, 9.17) is 16.3 Å². The average molecular weight is 456 g/mol. The van der Waals surface area contributed by atoms with E-state index in [1.807, 2.05) is 0 Å². The smallest absolute Gasteiger partial charge is 0.362 e. The molecule has 0 saturated carbocycles. The SMILES string of the molecule is CCOC(=O)/C(N=Nc1ccc(Cl)cc1)=C(\O)c1nn2c(nc(=O)c3ccccc32)s1. The van der Waals surface area contributed by atoms with Gasteiger partial charge in [0.15, 0.2) is 10.8 Å². The van der Waals surface area contributed by atoms with Crippen LogP contribution in [0.5, 0.6) is 0 Å². The molecule has 11 heteroatoms. The topological polar surface area (TPSA) is 119 Å². The van der Waals surface area contributed by atoms with Gasteiger partial charge in [-0.05, 0) is 43.3 Å². The van der Waals surface area contributed by atoms with E-state index < -0.39 is 23.0 Å². The molecular formula is C20H14ClN5O4S. The van der Waals surface area contributed by atoms with Crippen LogP contribution in [0.1, 0.15) is 11.9 Å². The second-order valence-corrected chi connectivity index (χ2v) is 7.52. The third-order valence-corrected chi connectivity index (χ3v) is 5.27. The van der Waals surface area contributed by atoms with Gasteiger partial charge in [0.1, 0.15) is 0 Å². The summed E-state index contributed by atoms with van der Waals surface area (Å²) in [5, 5.41) is 23.9. The van der Waals surface area contributed by atoms with Crippen molar-refractivity contribution < 1.29 is 14.6 Å². The van der Waals surface area contributed by atoms with Crippen LogP contribution >= 0.6 is 22.9 Å². The van der Waals surface area contributed by atoms with Crippen LogP contribution in [-0.4, -0.2) is 32.3 Å². The molecule has 0 aliphatic heterocycles. The number of ether oxygens (including phenoxy) is 1. The summed E-state index contributed by atoms with van der Waals surface area (Å²) in [5.74, 6) is -1.41. The van der Waals surface area contributed by atoms with Gasteiger partial charge in [-0.25, -0.2) is 9.31 Å². The Morgan fingerprint density at radius 1 is 1.23 bits per heavy atom. The van der Waals surface area contributed by atoms with Crippen LogP contribution in [0.3, 0.4) is 0 Å². The summed E-state index contributed by atoms with van der Waals surface area (Å²) in [6, 6.07) is 13.3. The molecule has 0 fully saturated rings. The molecule has 31 heavy (non-hydrogen) atoms. The summed E-state index contributed by atoms with van der Waals surface area (Å²) < 4.78 is 6.41. The molecule has 0 amide bonds. The van der Waals surface area contributed by atoms with E-state index in [-0.39, 0.29) is 16.6 Å². The maximum absolute atomic E-state index is 12.4. The first-order valence-electron chi connectivity index (χ1n) is 9.04. The number of fused-ring (bicyclic) bond motifs is 3. The van der Waals surface area contributed by atoms with Gasteiger partial charge in [-0.15, -0.1) is 5.11 Å². The van der Waals surface area contributed by atoms with E-state index in [0.29, 0.717) is 21.6 Å². The van der Waals surface area contributed by atoms with E-state index >= 15 is 0 Å². The van der Waals surface area contributed by atoms with E-state index in [0.717, 1.165) is 11.3 Å². The predicted octanol–water partition coefficient (Wildman–Crippen LogP) is 4.53. The molecule has 4 rings (SSSR count). The fourth-order valence-electron chi connectivity index (χ4n) is 2.69. The molecule has 4 aromatic rings. The third-order valence-electron chi connectivity index (χ3n) is 4.11. The van der Waals surface area contributed by atoms with Crippen molar-refractivity contribution in [2.45, 2.75) is 6.92 Å². The Kier molecular flexibility index (Phi) is 5.74. The van der Waals surface area contributed by atoms with Crippen LogP contribution in [0.25, 0.3) is 21.6 Å². The Morgan fingerprint density at radius 2 is 1.97 bits per heavy atom. The zero-order valence-corrected chi connectivity index (χ0v) is 17.6. The second kappa shape index (κ2) is 8.62. The molecule has 0 aliphatic rings. The Hall–Kier alpha value is -3.63. The fraction of sp³-hybridized carbons (Fsp3) is 0.100. The highest BCUT2D eigenvalue weighted by atomic mass is 35.5. The van der Waals surface area contributed by atoms with Crippen molar-refractivity contribution in [2.75, 3.05) is 6.61 Å². The lowest BCUT2D eigenvalue weighted by Crippen LogP contribution is -2.09. The highest BCUT2D eigenvalue weighted by molar-refractivity contribution is 7.17. The van der Waals surface area contributed by atoms with Crippen LogP contribution in [-0.2, 0) is 9.53 Å². The standard InChI is InChI=1S/C20H14ClN5O4S/c1-2-30-19(29)15(24-23-12-9-7-11(21)8-10-12)16(27)18-25-26-14-6-4-3-5-13(14)17(28)22-20(26)31-18/h3-10,27H,2H2,1H3/b16-15+,24-23?. The molecule has 0 spiro atoms. The normalized spacial score (nSPS) is 12.5. The summed E-state index contributed by atoms with van der Waals surface area (Å²) in [7, 11) is 0. The zero-order valence-electron chi connectivity index (χ0n) is 16.0. The van der Waals surface area contributed by atoms with Crippen LogP contribution in [0, 0.1) is 0 Å². The van der Waals surface area contributed by atoms with Gasteiger partial charge in [0.05, 0.1) is 23.2 Å². The number of azo groups is 1. The minimum atomic E-state index is -0.871. The molecule has 0 saturated heterocycles. The number of para-hydroxylation sites is 1. The van der Waals surface area contributed by atoms with Gasteiger partial charge in [-0.2, -0.15) is 15.2 Å². The molecule has 0 bridgehead atoms. The molecule has 156 valence electrons. The van der Waals surface area contributed by atoms with E-state index in [2.05, 4.69) is 20.3 Å². The van der Waals surface area contributed by atoms with Gasteiger partial charge in [0.2, 0.25) is 10.7 Å². The van der Waals surface area contributed by atoms with Crippen molar-refractivity contribution in [3.05, 3.63) is 74.6 Å². The number of rotatable bonds is 5. The average Bonchev–Trinajstić information content (AvgIpc) is 3.20.